The van der Waals surface area contributed by atoms with Crippen molar-refractivity contribution in [2.75, 3.05) is 6.61 Å². The zero-order chi connectivity index (χ0) is 23.3. The number of rotatable bonds is 7. The van der Waals surface area contributed by atoms with Crippen molar-refractivity contribution in [2.24, 2.45) is 0 Å². The predicted octanol–water partition coefficient (Wildman–Crippen LogP) is 6.18. The Labute approximate surface area is 201 Å². The van der Waals surface area contributed by atoms with Gasteiger partial charge in [0.25, 0.3) is 5.91 Å². The summed E-state index contributed by atoms with van der Waals surface area (Å²) in [5.74, 6) is -0.249. The largest absolute Gasteiger partial charge is 0.480 e. The molecule has 0 bridgehead atoms. The Hall–Kier alpha value is -2.73. The normalized spacial score (nSPS) is 10.5. The van der Waals surface area contributed by atoms with Gasteiger partial charge in [-0.2, -0.15) is 0 Å². The fourth-order valence-electron chi connectivity index (χ4n) is 3.11. The summed E-state index contributed by atoms with van der Waals surface area (Å²) < 4.78 is 11.0. The van der Waals surface area contributed by atoms with Gasteiger partial charge in [0.2, 0.25) is 0 Å². The van der Waals surface area contributed by atoms with Gasteiger partial charge >= 0.3 is 5.97 Å². The zero-order valence-electron chi connectivity index (χ0n) is 17.4. The van der Waals surface area contributed by atoms with Crippen LogP contribution in [0.2, 0.25) is 15.1 Å². The second kappa shape index (κ2) is 10.7. The SMILES string of the molecule is Cc1cc(C)c(OC(=O)COc2ccc(Cl)cc2Cl)c(CNC(=O)c2ccccc2Cl)c1. The lowest BCUT2D eigenvalue weighted by atomic mass is 10.1. The molecule has 0 aliphatic carbocycles. The highest BCUT2D eigenvalue weighted by atomic mass is 35.5. The number of esters is 1. The molecule has 3 aromatic carbocycles. The summed E-state index contributed by atoms with van der Waals surface area (Å²) in [6.45, 7) is 3.55. The molecule has 1 N–H and O–H groups in total. The Morgan fingerprint density at radius 2 is 1.69 bits per heavy atom. The Kier molecular flexibility index (Phi) is 8.02. The summed E-state index contributed by atoms with van der Waals surface area (Å²) in [5, 5.41) is 3.93. The number of ether oxygens (including phenoxy) is 2. The van der Waals surface area contributed by atoms with E-state index < -0.39 is 5.97 Å². The van der Waals surface area contributed by atoms with E-state index in [1.54, 1.807) is 36.4 Å². The van der Waals surface area contributed by atoms with Gasteiger partial charge in [-0.25, -0.2) is 4.79 Å². The van der Waals surface area contributed by atoms with Crippen molar-refractivity contribution < 1.29 is 19.1 Å². The molecule has 0 heterocycles. The lowest BCUT2D eigenvalue weighted by Crippen LogP contribution is -2.24. The summed E-state index contributed by atoms with van der Waals surface area (Å²) in [4.78, 5) is 24.9. The quantitative estimate of drug-likeness (QED) is 0.316. The first-order chi connectivity index (χ1) is 15.2. The van der Waals surface area contributed by atoms with Crippen molar-refractivity contribution in [1.82, 2.24) is 5.32 Å². The Morgan fingerprint density at radius 1 is 0.938 bits per heavy atom. The number of nitrogens with one attached hydrogen (secondary N) is 1. The topological polar surface area (TPSA) is 64.6 Å². The maximum Gasteiger partial charge on any atom is 0.349 e. The minimum Gasteiger partial charge on any atom is -0.480 e. The Morgan fingerprint density at radius 3 is 2.41 bits per heavy atom. The van der Waals surface area contributed by atoms with E-state index in [0.717, 1.165) is 11.1 Å². The number of carbonyl (C=O) groups is 2. The third kappa shape index (κ3) is 6.16. The third-order valence-electron chi connectivity index (χ3n) is 4.51. The molecular weight excluding hydrogens is 473 g/mol. The van der Waals surface area contributed by atoms with E-state index in [9.17, 15) is 9.59 Å². The monoisotopic (exact) mass is 491 g/mol. The van der Waals surface area contributed by atoms with Gasteiger partial charge in [0.15, 0.2) is 6.61 Å². The summed E-state index contributed by atoms with van der Waals surface area (Å²) in [5.41, 5.74) is 2.74. The minimum absolute atomic E-state index is 0.152. The average Bonchev–Trinajstić information content (AvgIpc) is 2.73. The van der Waals surface area contributed by atoms with E-state index in [0.29, 0.717) is 37.7 Å². The first kappa shape index (κ1) is 23.9. The standard InChI is InChI=1S/C24H20Cl3NO4/c1-14-9-15(2)23(32-22(29)13-31-21-8-7-17(25)11-20(21)27)16(10-14)12-28-24(30)18-5-3-4-6-19(18)26/h3-11H,12-13H2,1-2H3,(H,28,30). The molecule has 0 fully saturated rings. The lowest BCUT2D eigenvalue weighted by molar-refractivity contribution is -0.136. The maximum absolute atomic E-state index is 12.5. The van der Waals surface area contributed by atoms with Crippen LogP contribution in [0.5, 0.6) is 11.5 Å². The molecule has 0 aliphatic heterocycles. The molecule has 1 amide bonds. The van der Waals surface area contributed by atoms with Crippen LogP contribution in [0.25, 0.3) is 0 Å². The number of aryl methyl sites for hydroxylation is 2. The predicted molar refractivity (Wildman–Crippen MR) is 126 cm³/mol. The number of benzene rings is 3. The van der Waals surface area contributed by atoms with Crippen LogP contribution in [-0.2, 0) is 11.3 Å². The number of amides is 1. The van der Waals surface area contributed by atoms with Crippen LogP contribution in [-0.4, -0.2) is 18.5 Å². The second-order valence-corrected chi connectivity index (χ2v) is 8.32. The van der Waals surface area contributed by atoms with Crippen LogP contribution >= 0.6 is 34.8 Å². The Bertz CT molecular complexity index is 1160. The van der Waals surface area contributed by atoms with Gasteiger partial charge in [0.05, 0.1) is 15.6 Å². The van der Waals surface area contributed by atoms with Gasteiger partial charge < -0.3 is 14.8 Å². The van der Waals surface area contributed by atoms with Crippen molar-refractivity contribution in [1.29, 1.82) is 0 Å². The van der Waals surface area contributed by atoms with Crippen LogP contribution in [0, 0.1) is 13.8 Å². The van der Waals surface area contributed by atoms with Crippen LogP contribution < -0.4 is 14.8 Å². The molecule has 5 nitrogen and oxygen atoms in total. The van der Waals surface area contributed by atoms with E-state index in [-0.39, 0.29) is 19.1 Å². The third-order valence-corrected chi connectivity index (χ3v) is 5.37. The van der Waals surface area contributed by atoms with Crippen molar-refractivity contribution in [3.63, 3.8) is 0 Å². The molecule has 3 rings (SSSR count). The molecule has 0 saturated carbocycles. The molecular formula is C24H20Cl3NO4. The van der Waals surface area contributed by atoms with Crippen molar-refractivity contribution in [3.8, 4) is 11.5 Å². The highest BCUT2D eigenvalue weighted by molar-refractivity contribution is 6.35. The molecule has 8 heteroatoms. The molecule has 32 heavy (non-hydrogen) atoms. The summed E-state index contributed by atoms with van der Waals surface area (Å²) in [6, 6.07) is 15.2. The molecule has 0 spiro atoms. The highest BCUT2D eigenvalue weighted by Crippen LogP contribution is 2.28. The van der Waals surface area contributed by atoms with Crippen LogP contribution in [0.1, 0.15) is 27.0 Å². The second-order valence-electron chi connectivity index (χ2n) is 7.07. The van der Waals surface area contributed by atoms with E-state index in [4.69, 9.17) is 44.3 Å². The van der Waals surface area contributed by atoms with Crippen LogP contribution in [0.3, 0.4) is 0 Å². The molecule has 3 aromatic rings. The van der Waals surface area contributed by atoms with Crippen LogP contribution in [0.15, 0.2) is 54.6 Å². The zero-order valence-corrected chi connectivity index (χ0v) is 19.6. The van der Waals surface area contributed by atoms with Gasteiger partial charge in [-0.1, -0.05) is 64.6 Å². The smallest absolute Gasteiger partial charge is 0.349 e. The molecule has 0 saturated heterocycles. The highest BCUT2D eigenvalue weighted by Gasteiger charge is 2.16. The summed E-state index contributed by atoms with van der Waals surface area (Å²) in [6.07, 6.45) is 0. The van der Waals surface area contributed by atoms with E-state index in [1.165, 1.54) is 6.07 Å². The van der Waals surface area contributed by atoms with Gasteiger partial charge in [-0.05, 0) is 49.7 Å². The number of hydrogen-bond acceptors (Lipinski definition) is 4. The molecule has 0 radical (unpaired) electrons. The average molecular weight is 493 g/mol. The first-order valence-electron chi connectivity index (χ1n) is 9.66. The van der Waals surface area contributed by atoms with Crippen LogP contribution in [0.4, 0.5) is 0 Å². The van der Waals surface area contributed by atoms with E-state index in [1.807, 2.05) is 26.0 Å². The molecule has 0 unspecified atom stereocenters. The van der Waals surface area contributed by atoms with E-state index in [2.05, 4.69) is 5.32 Å². The molecule has 0 aliphatic rings. The fraction of sp³-hybridized carbons (Fsp3) is 0.167. The van der Waals surface area contributed by atoms with Crippen molar-refractivity contribution in [3.05, 3.63) is 91.9 Å². The molecule has 0 atom stereocenters. The fourth-order valence-corrected chi connectivity index (χ4v) is 3.79. The first-order valence-corrected chi connectivity index (χ1v) is 10.8. The van der Waals surface area contributed by atoms with E-state index >= 15 is 0 Å². The maximum atomic E-state index is 12.5. The minimum atomic E-state index is -0.610. The molecule has 0 aromatic heterocycles. The lowest BCUT2D eigenvalue weighted by Gasteiger charge is -2.15. The van der Waals surface area contributed by atoms with Gasteiger partial charge in [-0.3, -0.25) is 4.79 Å². The number of hydrogen-bond donors (Lipinski definition) is 1. The van der Waals surface area contributed by atoms with Crippen molar-refractivity contribution >= 4 is 46.7 Å². The van der Waals surface area contributed by atoms with Crippen molar-refractivity contribution in [2.45, 2.75) is 20.4 Å². The summed E-state index contributed by atoms with van der Waals surface area (Å²) >= 11 is 18.0. The van der Waals surface area contributed by atoms with Gasteiger partial charge in [-0.15, -0.1) is 0 Å². The van der Waals surface area contributed by atoms with Gasteiger partial charge in [0, 0.05) is 17.1 Å². The number of halogens is 3. The Balaban J connectivity index is 1.70. The van der Waals surface area contributed by atoms with Gasteiger partial charge in [0.1, 0.15) is 11.5 Å². The number of carbonyl (C=O) groups excluding carboxylic acids is 2. The summed E-state index contributed by atoms with van der Waals surface area (Å²) in [7, 11) is 0. The molecule has 166 valence electrons.